The van der Waals surface area contributed by atoms with Gasteiger partial charge in [0.1, 0.15) is 0 Å². The molecule has 136 valence electrons. The molecule has 0 aliphatic carbocycles. The van der Waals surface area contributed by atoms with Gasteiger partial charge in [0, 0.05) is 13.1 Å². The highest BCUT2D eigenvalue weighted by molar-refractivity contribution is 7.89. The largest absolute Gasteiger partial charge is 0.465 e. The Morgan fingerprint density at radius 1 is 1.33 bits per heavy atom. The van der Waals surface area contributed by atoms with Crippen molar-refractivity contribution >= 4 is 28.4 Å². The van der Waals surface area contributed by atoms with Crippen molar-refractivity contribution < 1.29 is 17.9 Å². The van der Waals surface area contributed by atoms with Gasteiger partial charge in [-0.3, -0.25) is 0 Å². The number of nitrogens with one attached hydrogen (secondary N) is 1. The van der Waals surface area contributed by atoms with Crippen molar-refractivity contribution in [3.8, 4) is 0 Å². The number of nitrogens with zero attached hydrogens (tertiary/aromatic N) is 1. The number of esters is 1. The number of benzene rings is 1. The molecule has 1 heterocycles. The zero-order chi connectivity index (χ0) is 17.0. The summed E-state index contributed by atoms with van der Waals surface area (Å²) >= 11 is 0. The summed E-state index contributed by atoms with van der Waals surface area (Å²) in [4.78, 5) is 11.8. The van der Waals surface area contributed by atoms with Gasteiger partial charge in [0.15, 0.2) is 0 Å². The first-order valence-electron chi connectivity index (χ1n) is 7.74. The van der Waals surface area contributed by atoms with Gasteiger partial charge in [0.2, 0.25) is 10.0 Å². The van der Waals surface area contributed by atoms with Gasteiger partial charge in [-0.2, -0.15) is 4.31 Å². The third kappa shape index (κ3) is 4.47. The highest BCUT2D eigenvalue weighted by atomic mass is 35.5. The lowest BCUT2D eigenvalue weighted by molar-refractivity contribution is 0.0600. The fraction of sp³-hybridized carbons (Fsp3) is 0.562. The summed E-state index contributed by atoms with van der Waals surface area (Å²) in [7, 11) is -0.304. The van der Waals surface area contributed by atoms with Crippen LogP contribution in [0.2, 0.25) is 0 Å². The molecule has 0 spiro atoms. The van der Waals surface area contributed by atoms with E-state index in [1.54, 1.807) is 17.3 Å². The van der Waals surface area contributed by atoms with Gasteiger partial charge in [-0.25, -0.2) is 13.2 Å². The molecule has 8 heteroatoms. The van der Waals surface area contributed by atoms with Gasteiger partial charge in [0.25, 0.3) is 0 Å². The Bertz CT molecular complexity index is 671. The zero-order valence-electron chi connectivity index (χ0n) is 14.2. The molecule has 1 aliphatic rings. The van der Waals surface area contributed by atoms with Gasteiger partial charge in [-0.15, -0.1) is 12.4 Å². The van der Waals surface area contributed by atoms with E-state index in [0.29, 0.717) is 30.1 Å². The van der Waals surface area contributed by atoms with E-state index < -0.39 is 16.0 Å². The molecule has 1 aliphatic heterocycles. The number of ether oxygens (including phenoxy) is 1. The maximum absolute atomic E-state index is 12.8. The van der Waals surface area contributed by atoms with Crippen molar-refractivity contribution in [2.75, 3.05) is 33.8 Å². The monoisotopic (exact) mass is 376 g/mol. The Balaban J connectivity index is 0.00000288. The third-order valence-electron chi connectivity index (χ3n) is 4.28. The summed E-state index contributed by atoms with van der Waals surface area (Å²) in [6.45, 7) is 3.69. The van der Waals surface area contributed by atoms with Crippen LogP contribution in [0.3, 0.4) is 0 Å². The second-order valence-electron chi connectivity index (χ2n) is 5.88. The van der Waals surface area contributed by atoms with Crippen molar-refractivity contribution in [2.24, 2.45) is 5.92 Å². The predicted octanol–water partition coefficient (Wildman–Crippen LogP) is 1.82. The molecule has 0 amide bonds. The molecule has 1 saturated heterocycles. The van der Waals surface area contributed by atoms with Gasteiger partial charge in [0.05, 0.1) is 17.6 Å². The molecule has 0 radical (unpaired) electrons. The van der Waals surface area contributed by atoms with E-state index in [2.05, 4.69) is 10.1 Å². The molecule has 0 saturated carbocycles. The number of methoxy groups -OCH3 is 1. The number of piperidine rings is 1. The predicted molar refractivity (Wildman–Crippen MR) is 95.2 cm³/mol. The fourth-order valence-electron chi connectivity index (χ4n) is 2.97. The van der Waals surface area contributed by atoms with Crippen LogP contribution in [-0.2, 0) is 14.8 Å². The SMILES string of the molecule is CNCC1CCN(S(=O)(=O)c2ccc(C(=O)OC)cc2C)CC1.Cl. The number of carbonyl (C=O) groups is 1. The van der Waals surface area contributed by atoms with Gasteiger partial charge in [-0.05, 0) is 63.0 Å². The average Bonchev–Trinajstić information content (AvgIpc) is 2.54. The Hall–Kier alpha value is -1.15. The van der Waals surface area contributed by atoms with Crippen molar-refractivity contribution in [1.29, 1.82) is 0 Å². The van der Waals surface area contributed by atoms with Crippen LogP contribution in [0.5, 0.6) is 0 Å². The molecular formula is C16H25ClN2O4S. The Morgan fingerprint density at radius 3 is 2.46 bits per heavy atom. The van der Waals surface area contributed by atoms with Gasteiger partial charge >= 0.3 is 5.97 Å². The van der Waals surface area contributed by atoms with Crippen LogP contribution < -0.4 is 5.32 Å². The number of hydrogen-bond acceptors (Lipinski definition) is 5. The van der Waals surface area contributed by atoms with E-state index in [0.717, 1.165) is 19.4 Å². The summed E-state index contributed by atoms with van der Waals surface area (Å²) in [5, 5.41) is 3.14. The van der Waals surface area contributed by atoms with Crippen molar-refractivity contribution in [2.45, 2.75) is 24.7 Å². The molecule has 24 heavy (non-hydrogen) atoms. The van der Waals surface area contributed by atoms with Crippen molar-refractivity contribution in [3.05, 3.63) is 29.3 Å². The Labute approximate surface area is 150 Å². The Kier molecular flexibility index (Phi) is 7.66. The lowest BCUT2D eigenvalue weighted by Gasteiger charge is -2.31. The van der Waals surface area contributed by atoms with Gasteiger partial charge in [-0.1, -0.05) is 0 Å². The van der Waals surface area contributed by atoms with Crippen molar-refractivity contribution in [3.63, 3.8) is 0 Å². The van der Waals surface area contributed by atoms with Crippen molar-refractivity contribution in [1.82, 2.24) is 9.62 Å². The minimum atomic E-state index is -3.52. The molecule has 0 bridgehead atoms. The number of carbonyl (C=O) groups excluding carboxylic acids is 1. The van der Waals surface area contributed by atoms with Crippen LogP contribution in [0.1, 0.15) is 28.8 Å². The van der Waals surface area contributed by atoms with E-state index in [1.165, 1.54) is 19.2 Å². The maximum Gasteiger partial charge on any atom is 0.337 e. The number of sulfonamides is 1. The van der Waals surface area contributed by atoms with E-state index in [9.17, 15) is 13.2 Å². The van der Waals surface area contributed by atoms with Crippen LogP contribution >= 0.6 is 12.4 Å². The molecule has 1 fully saturated rings. The summed E-state index contributed by atoms with van der Waals surface area (Å²) in [6.07, 6.45) is 1.72. The summed E-state index contributed by atoms with van der Waals surface area (Å²) in [5.41, 5.74) is 0.918. The molecular weight excluding hydrogens is 352 g/mol. The highest BCUT2D eigenvalue weighted by Gasteiger charge is 2.30. The van der Waals surface area contributed by atoms with E-state index in [-0.39, 0.29) is 17.3 Å². The molecule has 0 unspecified atom stereocenters. The average molecular weight is 377 g/mol. The quantitative estimate of drug-likeness (QED) is 0.793. The molecule has 1 aromatic rings. The summed E-state index contributed by atoms with van der Waals surface area (Å²) in [6, 6.07) is 4.56. The zero-order valence-corrected chi connectivity index (χ0v) is 15.9. The smallest absolute Gasteiger partial charge is 0.337 e. The van der Waals surface area contributed by atoms with Crippen LogP contribution in [-0.4, -0.2) is 52.5 Å². The second-order valence-corrected chi connectivity index (χ2v) is 7.78. The van der Waals surface area contributed by atoms with Gasteiger partial charge < -0.3 is 10.1 Å². The van der Waals surface area contributed by atoms with E-state index in [4.69, 9.17) is 0 Å². The summed E-state index contributed by atoms with van der Waals surface area (Å²) in [5.74, 6) is 0.0548. The first-order chi connectivity index (χ1) is 10.9. The molecule has 0 atom stereocenters. The van der Waals surface area contributed by atoms with E-state index >= 15 is 0 Å². The number of halogens is 1. The fourth-order valence-corrected chi connectivity index (χ4v) is 4.64. The first-order valence-corrected chi connectivity index (χ1v) is 9.18. The minimum absolute atomic E-state index is 0. The van der Waals surface area contributed by atoms with Crippen LogP contribution in [0.25, 0.3) is 0 Å². The molecule has 0 aromatic heterocycles. The van der Waals surface area contributed by atoms with Crippen LogP contribution in [0.15, 0.2) is 23.1 Å². The first kappa shape index (κ1) is 20.9. The molecule has 2 rings (SSSR count). The lowest BCUT2D eigenvalue weighted by atomic mass is 9.98. The minimum Gasteiger partial charge on any atom is -0.465 e. The normalized spacial score (nSPS) is 16.5. The number of rotatable bonds is 5. The number of aryl methyl sites for hydroxylation is 1. The number of hydrogen-bond donors (Lipinski definition) is 1. The molecule has 1 N–H and O–H groups in total. The lowest BCUT2D eigenvalue weighted by Crippen LogP contribution is -2.40. The second kappa shape index (κ2) is 8.80. The van der Waals surface area contributed by atoms with E-state index in [1.807, 2.05) is 7.05 Å². The summed E-state index contributed by atoms with van der Waals surface area (Å²) < 4.78 is 31.8. The standard InChI is InChI=1S/C16H24N2O4S.ClH/c1-12-10-14(16(19)22-3)4-5-15(12)23(20,21)18-8-6-13(7-9-18)11-17-2;/h4-5,10,13,17H,6-9,11H2,1-3H3;1H. The maximum atomic E-state index is 12.8. The molecule has 6 nitrogen and oxygen atoms in total. The highest BCUT2D eigenvalue weighted by Crippen LogP contribution is 2.26. The van der Waals surface area contributed by atoms with Crippen LogP contribution in [0.4, 0.5) is 0 Å². The Morgan fingerprint density at radius 2 is 1.96 bits per heavy atom. The molecule has 1 aromatic carbocycles. The topological polar surface area (TPSA) is 75.7 Å². The van der Waals surface area contributed by atoms with Crippen LogP contribution in [0, 0.1) is 12.8 Å². The third-order valence-corrected chi connectivity index (χ3v) is 6.34.